The molecule has 0 fully saturated rings. The Morgan fingerprint density at radius 2 is 1.17 bits per heavy atom. The number of phenolic OH excluding ortho intramolecular Hbond substituents is 1. The number of nitrogens with zero attached hydrogens (tertiary/aromatic N) is 5. The fourth-order valence-corrected chi connectivity index (χ4v) is 8.57. The summed E-state index contributed by atoms with van der Waals surface area (Å²) < 4.78 is 6.51. The standard InChI is InChI=1S/C53H43N5O/c1-34(2)40-21-13-22-41(35(3)4)52(40)58-47-26-15-23-42(50(47)55-53(58)45-20-11-12-27-49(45)59)38-28-29-46-48(30-38)57-33-56(32-39(57)31-54-46)51-43(36-16-7-5-8-17-36)24-14-25-44(51)37-18-9-6-10-19-37/h5-32,34-35,59H,1-4H3. The summed E-state index contributed by atoms with van der Waals surface area (Å²) in [7, 11) is 0. The number of phenols is 1. The van der Waals surface area contributed by atoms with Crippen LogP contribution < -0.4 is 4.57 Å². The lowest BCUT2D eigenvalue weighted by atomic mass is 9.92. The van der Waals surface area contributed by atoms with E-state index in [-0.39, 0.29) is 17.6 Å². The molecule has 0 amide bonds. The molecule has 0 atom stereocenters. The van der Waals surface area contributed by atoms with Crippen molar-refractivity contribution in [1.82, 2.24) is 18.9 Å². The van der Waals surface area contributed by atoms with Gasteiger partial charge in [-0.1, -0.05) is 155 Å². The average molecular weight is 766 g/mol. The Morgan fingerprint density at radius 3 is 1.83 bits per heavy atom. The summed E-state index contributed by atoms with van der Waals surface area (Å²) in [5, 5.41) is 11.3. The first-order valence-electron chi connectivity index (χ1n) is 20.3. The number of para-hydroxylation sites is 4. The number of fused-ring (bicyclic) bond motifs is 4. The second-order valence-electron chi connectivity index (χ2n) is 15.8. The average Bonchev–Trinajstić information content (AvgIpc) is 3.89. The van der Waals surface area contributed by atoms with Crippen LogP contribution in [0.25, 0.3) is 83.7 Å². The maximum absolute atomic E-state index is 11.3. The molecule has 10 rings (SSSR count). The van der Waals surface area contributed by atoms with Gasteiger partial charge in [0, 0.05) is 18.0 Å². The molecule has 0 aliphatic rings. The van der Waals surface area contributed by atoms with Crippen molar-refractivity contribution in [2.75, 3.05) is 0 Å². The summed E-state index contributed by atoms with van der Waals surface area (Å²) in [5.74, 6) is 1.43. The van der Waals surface area contributed by atoms with Crippen LogP contribution in [0.1, 0.15) is 50.7 Å². The highest BCUT2D eigenvalue weighted by Crippen LogP contribution is 2.42. The highest BCUT2D eigenvalue weighted by atomic mass is 16.3. The Bertz CT molecular complexity index is 3090. The predicted octanol–water partition coefficient (Wildman–Crippen LogP) is 12.5. The molecule has 0 bridgehead atoms. The Hall–Kier alpha value is -7.31. The van der Waals surface area contributed by atoms with Crippen LogP contribution in [0.15, 0.2) is 170 Å². The van der Waals surface area contributed by atoms with Crippen LogP contribution in [0, 0.1) is 6.33 Å². The van der Waals surface area contributed by atoms with E-state index < -0.39 is 0 Å². The predicted molar refractivity (Wildman–Crippen MR) is 239 cm³/mol. The number of benzene rings is 7. The van der Waals surface area contributed by atoms with Crippen molar-refractivity contribution in [1.29, 1.82) is 0 Å². The van der Waals surface area contributed by atoms with E-state index in [9.17, 15) is 5.11 Å². The van der Waals surface area contributed by atoms with Crippen molar-refractivity contribution < 1.29 is 9.67 Å². The third-order valence-corrected chi connectivity index (χ3v) is 11.4. The van der Waals surface area contributed by atoms with E-state index in [1.54, 1.807) is 6.07 Å². The quantitative estimate of drug-likeness (QED) is 0.124. The van der Waals surface area contributed by atoms with E-state index in [2.05, 4.69) is 187 Å². The molecule has 59 heavy (non-hydrogen) atoms. The van der Waals surface area contributed by atoms with Gasteiger partial charge in [-0.25, -0.2) is 4.98 Å². The van der Waals surface area contributed by atoms with Gasteiger partial charge in [0.25, 0.3) is 6.33 Å². The number of hydrogen-bond donors (Lipinski definition) is 1. The van der Waals surface area contributed by atoms with Gasteiger partial charge in [-0.05, 0) is 81.1 Å². The molecule has 0 spiro atoms. The minimum atomic E-state index is 0.193. The van der Waals surface area contributed by atoms with E-state index in [4.69, 9.17) is 9.97 Å². The minimum absolute atomic E-state index is 0.193. The highest BCUT2D eigenvalue weighted by molar-refractivity contribution is 5.98. The number of aromatic nitrogens is 5. The molecule has 0 radical (unpaired) electrons. The fraction of sp³-hybridized carbons (Fsp3) is 0.113. The fourth-order valence-electron chi connectivity index (χ4n) is 8.57. The van der Waals surface area contributed by atoms with Crippen LogP contribution in [0.2, 0.25) is 0 Å². The maximum atomic E-state index is 11.3. The summed E-state index contributed by atoms with van der Waals surface area (Å²) in [6, 6.07) is 54.5. The van der Waals surface area contributed by atoms with Gasteiger partial charge in [-0.2, -0.15) is 0 Å². The lowest BCUT2D eigenvalue weighted by Gasteiger charge is -2.22. The maximum Gasteiger partial charge on any atom is 0.269 e. The normalized spacial score (nSPS) is 11.8. The number of hydrogen-bond acceptors (Lipinski definition) is 3. The van der Waals surface area contributed by atoms with E-state index >= 15 is 0 Å². The van der Waals surface area contributed by atoms with Gasteiger partial charge < -0.3 is 5.11 Å². The third kappa shape index (κ3) is 6.16. The molecule has 3 heterocycles. The van der Waals surface area contributed by atoms with Gasteiger partial charge in [-0.3, -0.25) is 18.5 Å². The molecular weight excluding hydrogens is 723 g/mol. The third-order valence-electron chi connectivity index (χ3n) is 11.4. The van der Waals surface area contributed by atoms with Gasteiger partial charge in [0.05, 0.1) is 44.5 Å². The summed E-state index contributed by atoms with van der Waals surface area (Å²) >= 11 is 0. The molecule has 6 nitrogen and oxygen atoms in total. The van der Waals surface area contributed by atoms with E-state index in [1.165, 1.54) is 11.1 Å². The summed E-state index contributed by atoms with van der Waals surface area (Å²) in [6.07, 6.45) is 7.77. The zero-order valence-corrected chi connectivity index (χ0v) is 33.5. The van der Waals surface area contributed by atoms with Crippen LogP contribution in [0.4, 0.5) is 0 Å². The number of rotatable bonds is 8. The molecule has 0 aliphatic heterocycles. The Balaban J connectivity index is 1.20. The number of imidazole rings is 2. The van der Waals surface area contributed by atoms with Gasteiger partial charge >= 0.3 is 0 Å². The van der Waals surface area contributed by atoms with Crippen molar-refractivity contribution >= 4 is 27.6 Å². The molecule has 10 aromatic rings. The van der Waals surface area contributed by atoms with Crippen molar-refractivity contribution in [3.05, 3.63) is 188 Å². The van der Waals surface area contributed by atoms with Gasteiger partial charge in [0.2, 0.25) is 0 Å². The highest BCUT2D eigenvalue weighted by Gasteiger charge is 2.25. The summed E-state index contributed by atoms with van der Waals surface area (Å²) in [4.78, 5) is 10.4. The Labute approximate surface area is 344 Å². The smallest absolute Gasteiger partial charge is 0.269 e. The van der Waals surface area contributed by atoms with Gasteiger partial charge in [0.1, 0.15) is 11.6 Å². The summed E-state index contributed by atoms with van der Waals surface area (Å²) in [5.41, 5.74) is 16.4. The first-order chi connectivity index (χ1) is 28.9. The zero-order chi connectivity index (χ0) is 40.2. The van der Waals surface area contributed by atoms with E-state index in [0.29, 0.717) is 11.4 Å². The molecule has 0 saturated carbocycles. The molecule has 0 aliphatic carbocycles. The Kier molecular flexibility index (Phi) is 8.90. The van der Waals surface area contributed by atoms with Crippen LogP contribution in [0.3, 0.4) is 0 Å². The molecule has 0 unspecified atom stereocenters. The molecule has 6 heteroatoms. The van der Waals surface area contributed by atoms with E-state index in [0.717, 1.165) is 72.3 Å². The number of aromatic hydroxyl groups is 1. The second-order valence-corrected chi connectivity index (χ2v) is 15.8. The molecular formula is C53H43N5O. The topological polar surface area (TPSA) is 59.2 Å². The lowest BCUT2D eigenvalue weighted by molar-refractivity contribution is -0.597. The van der Waals surface area contributed by atoms with E-state index in [1.807, 2.05) is 24.4 Å². The van der Waals surface area contributed by atoms with Crippen molar-refractivity contribution in [3.8, 4) is 61.9 Å². The first kappa shape index (κ1) is 36.1. The molecule has 7 aromatic carbocycles. The molecule has 0 saturated heterocycles. The van der Waals surface area contributed by atoms with Crippen molar-refractivity contribution in [2.24, 2.45) is 0 Å². The zero-order valence-electron chi connectivity index (χ0n) is 33.5. The van der Waals surface area contributed by atoms with Crippen molar-refractivity contribution in [2.45, 2.75) is 39.5 Å². The van der Waals surface area contributed by atoms with Crippen LogP contribution in [-0.2, 0) is 0 Å². The molecule has 286 valence electrons. The van der Waals surface area contributed by atoms with Crippen LogP contribution in [0.5, 0.6) is 5.75 Å². The molecule has 3 aromatic heterocycles. The van der Waals surface area contributed by atoms with Gasteiger partial charge in [-0.15, -0.1) is 0 Å². The largest absolute Gasteiger partial charge is 0.507 e. The Morgan fingerprint density at radius 1 is 0.576 bits per heavy atom. The minimum Gasteiger partial charge on any atom is -0.507 e. The van der Waals surface area contributed by atoms with Crippen LogP contribution in [-0.4, -0.2) is 24.0 Å². The van der Waals surface area contributed by atoms with Crippen molar-refractivity contribution in [3.63, 3.8) is 0 Å². The summed E-state index contributed by atoms with van der Waals surface area (Å²) in [6.45, 7) is 8.95. The SMILES string of the molecule is CC(C)c1cccc(C(C)C)c1-n1c(-c2ccccc2O)nc2c(-c3ccc4ncc5c[n+](-c6c(-c7ccccc7)cccc6-c6ccccc6)[c-]n5c4c3)cccc21. The second kappa shape index (κ2) is 14.6. The van der Waals surface area contributed by atoms with Crippen LogP contribution >= 0.6 is 0 Å². The molecule has 1 N–H and O–H groups in total. The lowest BCUT2D eigenvalue weighted by Crippen LogP contribution is -2.30. The monoisotopic (exact) mass is 765 g/mol. The van der Waals surface area contributed by atoms with Gasteiger partial charge in [0.15, 0.2) is 0 Å². The first-order valence-corrected chi connectivity index (χ1v) is 20.3.